The topological polar surface area (TPSA) is 29.3 Å². The van der Waals surface area contributed by atoms with Gasteiger partial charge in [-0.3, -0.25) is 0 Å². The van der Waals surface area contributed by atoms with E-state index in [9.17, 15) is 0 Å². The minimum atomic E-state index is 0.402. The molecule has 2 N–H and O–H groups in total. The van der Waals surface area contributed by atoms with Crippen LogP contribution in [0, 0.1) is 11.8 Å². The van der Waals surface area contributed by atoms with Crippen molar-refractivity contribution in [3.05, 3.63) is 0 Å². The van der Waals surface area contributed by atoms with Gasteiger partial charge in [-0.25, -0.2) is 0 Å². The molecule has 0 amide bonds. The first kappa shape index (κ1) is 9.47. The molecule has 0 aromatic rings. The second-order valence-electron chi connectivity index (χ2n) is 4.84. The van der Waals surface area contributed by atoms with Crippen molar-refractivity contribution in [2.45, 2.75) is 38.6 Å². The number of hydrogen-bond acceptors (Lipinski definition) is 2. The average molecular weight is 182 g/mol. The SMILES string of the molecule is CCC(N)CN1CC2CCCC2C1. The molecule has 3 unspecified atom stereocenters. The van der Waals surface area contributed by atoms with Crippen LogP contribution in [0.1, 0.15) is 32.6 Å². The lowest BCUT2D eigenvalue weighted by molar-refractivity contribution is 0.288. The van der Waals surface area contributed by atoms with Gasteiger partial charge in [0, 0.05) is 25.7 Å². The fourth-order valence-electron chi connectivity index (χ4n) is 2.94. The number of likely N-dealkylation sites (tertiary alicyclic amines) is 1. The van der Waals surface area contributed by atoms with Crippen LogP contribution in [0.25, 0.3) is 0 Å². The van der Waals surface area contributed by atoms with Crippen molar-refractivity contribution in [2.24, 2.45) is 17.6 Å². The third-order valence-electron chi connectivity index (χ3n) is 3.82. The summed E-state index contributed by atoms with van der Waals surface area (Å²) in [5.74, 6) is 2.04. The van der Waals surface area contributed by atoms with Gasteiger partial charge in [0.15, 0.2) is 0 Å². The Balaban J connectivity index is 1.78. The number of fused-ring (bicyclic) bond motifs is 1. The predicted molar refractivity (Wildman–Crippen MR) is 55.5 cm³/mol. The molecule has 0 bridgehead atoms. The standard InChI is InChI=1S/C11H22N2/c1-2-11(12)8-13-6-9-4-3-5-10(9)7-13/h9-11H,2-8,12H2,1H3. The van der Waals surface area contributed by atoms with E-state index in [4.69, 9.17) is 5.73 Å². The highest BCUT2D eigenvalue weighted by molar-refractivity contribution is 4.89. The molecule has 2 nitrogen and oxygen atoms in total. The van der Waals surface area contributed by atoms with E-state index in [1.165, 1.54) is 32.4 Å². The Morgan fingerprint density at radius 1 is 1.31 bits per heavy atom. The Kier molecular flexibility index (Phi) is 2.89. The summed E-state index contributed by atoms with van der Waals surface area (Å²) in [5.41, 5.74) is 5.96. The lowest BCUT2D eigenvalue weighted by Crippen LogP contribution is -2.36. The maximum Gasteiger partial charge on any atom is 0.0165 e. The zero-order valence-electron chi connectivity index (χ0n) is 8.71. The minimum Gasteiger partial charge on any atom is -0.327 e. The summed E-state index contributed by atoms with van der Waals surface area (Å²) in [6, 6.07) is 0.402. The van der Waals surface area contributed by atoms with Crippen molar-refractivity contribution in [2.75, 3.05) is 19.6 Å². The molecule has 13 heavy (non-hydrogen) atoms. The van der Waals surface area contributed by atoms with E-state index in [0.29, 0.717) is 6.04 Å². The summed E-state index contributed by atoms with van der Waals surface area (Å²) in [6.07, 6.45) is 5.54. The molecule has 76 valence electrons. The monoisotopic (exact) mass is 182 g/mol. The molecule has 0 radical (unpaired) electrons. The van der Waals surface area contributed by atoms with Gasteiger partial charge in [0.25, 0.3) is 0 Å². The van der Waals surface area contributed by atoms with Crippen LogP contribution in [0.2, 0.25) is 0 Å². The smallest absolute Gasteiger partial charge is 0.0165 e. The van der Waals surface area contributed by atoms with Crippen LogP contribution < -0.4 is 5.73 Å². The summed E-state index contributed by atoms with van der Waals surface area (Å²) in [7, 11) is 0. The van der Waals surface area contributed by atoms with Gasteiger partial charge in [0.05, 0.1) is 0 Å². The minimum absolute atomic E-state index is 0.402. The molecule has 0 aromatic heterocycles. The molecule has 1 saturated carbocycles. The Labute approximate surface area is 81.5 Å². The Morgan fingerprint density at radius 3 is 2.46 bits per heavy atom. The molecule has 0 aromatic carbocycles. The van der Waals surface area contributed by atoms with E-state index >= 15 is 0 Å². The Bertz CT molecular complexity index is 155. The fourth-order valence-corrected chi connectivity index (χ4v) is 2.94. The summed E-state index contributed by atoms with van der Waals surface area (Å²) in [4.78, 5) is 2.59. The first-order valence-corrected chi connectivity index (χ1v) is 5.77. The molecular weight excluding hydrogens is 160 g/mol. The first-order chi connectivity index (χ1) is 6.29. The summed E-state index contributed by atoms with van der Waals surface area (Å²) >= 11 is 0. The number of nitrogens with two attached hydrogens (primary N) is 1. The second-order valence-corrected chi connectivity index (χ2v) is 4.84. The number of nitrogens with zero attached hydrogens (tertiary/aromatic N) is 1. The van der Waals surface area contributed by atoms with Crippen LogP contribution in [0.15, 0.2) is 0 Å². The van der Waals surface area contributed by atoms with E-state index in [1.54, 1.807) is 0 Å². The normalized spacial score (nSPS) is 36.5. The van der Waals surface area contributed by atoms with Crippen molar-refractivity contribution < 1.29 is 0 Å². The van der Waals surface area contributed by atoms with Crippen LogP contribution in [0.5, 0.6) is 0 Å². The van der Waals surface area contributed by atoms with Gasteiger partial charge in [-0.2, -0.15) is 0 Å². The van der Waals surface area contributed by atoms with Gasteiger partial charge >= 0.3 is 0 Å². The van der Waals surface area contributed by atoms with Gasteiger partial charge in [-0.1, -0.05) is 13.3 Å². The molecule has 1 aliphatic carbocycles. The van der Waals surface area contributed by atoms with Crippen molar-refractivity contribution in [1.29, 1.82) is 0 Å². The fraction of sp³-hybridized carbons (Fsp3) is 1.00. The second kappa shape index (κ2) is 3.97. The highest BCUT2D eigenvalue weighted by Crippen LogP contribution is 2.37. The van der Waals surface area contributed by atoms with Crippen molar-refractivity contribution in [1.82, 2.24) is 4.90 Å². The third-order valence-corrected chi connectivity index (χ3v) is 3.82. The maximum absolute atomic E-state index is 5.96. The number of hydrogen-bond donors (Lipinski definition) is 1. The maximum atomic E-state index is 5.96. The van der Waals surface area contributed by atoms with Crippen molar-refractivity contribution in [3.63, 3.8) is 0 Å². The molecule has 1 aliphatic heterocycles. The van der Waals surface area contributed by atoms with Crippen molar-refractivity contribution in [3.8, 4) is 0 Å². The highest BCUT2D eigenvalue weighted by Gasteiger charge is 2.35. The molecule has 2 fully saturated rings. The molecule has 2 heteroatoms. The zero-order valence-corrected chi connectivity index (χ0v) is 8.71. The first-order valence-electron chi connectivity index (χ1n) is 5.77. The lowest BCUT2D eigenvalue weighted by Gasteiger charge is -2.20. The molecule has 2 aliphatic rings. The summed E-state index contributed by atoms with van der Waals surface area (Å²) < 4.78 is 0. The van der Waals surface area contributed by atoms with E-state index < -0.39 is 0 Å². The van der Waals surface area contributed by atoms with Crippen LogP contribution >= 0.6 is 0 Å². The quantitative estimate of drug-likeness (QED) is 0.716. The van der Waals surface area contributed by atoms with Crippen molar-refractivity contribution >= 4 is 0 Å². The van der Waals surface area contributed by atoms with E-state index in [2.05, 4.69) is 11.8 Å². The Morgan fingerprint density at radius 2 is 1.92 bits per heavy atom. The molecular formula is C11H22N2. The van der Waals surface area contributed by atoms with E-state index in [1.807, 2.05) is 0 Å². The van der Waals surface area contributed by atoms with Gasteiger partial charge in [-0.05, 0) is 31.1 Å². The largest absolute Gasteiger partial charge is 0.327 e. The third kappa shape index (κ3) is 2.05. The molecule has 3 atom stereocenters. The molecule has 1 saturated heterocycles. The Hall–Kier alpha value is -0.0800. The van der Waals surface area contributed by atoms with Gasteiger partial charge in [0.2, 0.25) is 0 Å². The lowest BCUT2D eigenvalue weighted by atomic mass is 10.0. The van der Waals surface area contributed by atoms with Gasteiger partial charge in [-0.15, -0.1) is 0 Å². The predicted octanol–water partition coefficient (Wildman–Crippen LogP) is 1.46. The highest BCUT2D eigenvalue weighted by atomic mass is 15.2. The summed E-state index contributed by atoms with van der Waals surface area (Å²) in [5, 5.41) is 0. The van der Waals surface area contributed by atoms with Crippen LogP contribution in [0.4, 0.5) is 0 Å². The van der Waals surface area contributed by atoms with Crippen LogP contribution in [-0.2, 0) is 0 Å². The van der Waals surface area contributed by atoms with Crippen LogP contribution in [0.3, 0.4) is 0 Å². The summed E-state index contributed by atoms with van der Waals surface area (Å²) in [6.45, 7) is 5.97. The van der Waals surface area contributed by atoms with E-state index in [-0.39, 0.29) is 0 Å². The van der Waals surface area contributed by atoms with E-state index in [0.717, 1.165) is 24.8 Å². The molecule has 0 spiro atoms. The number of rotatable bonds is 3. The zero-order chi connectivity index (χ0) is 9.26. The van der Waals surface area contributed by atoms with Gasteiger partial charge < -0.3 is 10.6 Å². The molecule has 2 rings (SSSR count). The van der Waals surface area contributed by atoms with Gasteiger partial charge in [0.1, 0.15) is 0 Å². The molecule has 1 heterocycles. The van der Waals surface area contributed by atoms with Crippen LogP contribution in [-0.4, -0.2) is 30.6 Å². The average Bonchev–Trinajstić information content (AvgIpc) is 2.63.